The number of methoxy groups -OCH3 is 2. The molecule has 0 saturated heterocycles. The molecule has 0 aliphatic rings. The number of rotatable bonds is 9. The highest BCUT2D eigenvalue weighted by molar-refractivity contribution is 5.86. The predicted molar refractivity (Wildman–Crippen MR) is 130 cm³/mol. The Kier molecular flexibility index (Phi) is 6.93. The third-order valence-corrected chi connectivity index (χ3v) is 5.89. The fraction of sp³-hybridized carbons (Fsp3) is 0.259. The number of ether oxygens (including phenoxy) is 2. The Morgan fingerprint density at radius 2 is 1.76 bits per heavy atom. The Labute approximate surface area is 194 Å². The number of nitrogens with zero attached hydrogens (tertiary/aromatic N) is 2. The highest BCUT2D eigenvalue weighted by Gasteiger charge is 2.24. The lowest BCUT2D eigenvalue weighted by Crippen LogP contribution is -2.25. The maximum Gasteiger partial charge on any atom is 0.221 e. The molecule has 6 nitrogen and oxygen atoms in total. The molecular formula is C27H29N3O3. The van der Waals surface area contributed by atoms with Gasteiger partial charge in [-0.2, -0.15) is 0 Å². The second-order valence-corrected chi connectivity index (χ2v) is 7.89. The molecule has 2 heterocycles. The highest BCUT2D eigenvalue weighted by Crippen LogP contribution is 2.37. The summed E-state index contributed by atoms with van der Waals surface area (Å²) in [5.74, 6) is 1.18. The maximum absolute atomic E-state index is 13.1. The number of hydrogen-bond donors (Lipinski definition) is 1. The van der Waals surface area contributed by atoms with E-state index in [2.05, 4.69) is 40.1 Å². The third kappa shape index (κ3) is 5.00. The van der Waals surface area contributed by atoms with Crippen molar-refractivity contribution in [2.75, 3.05) is 14.2 Å². The van der Waals surface area contributed by atoms with E-state index in [0.29, 0.717) is 24.5 Å². The van der Waals surface area contributed by atoms with Crippen molar-refractivity contribution in [2.45, 2.75) is 32.4 Å². The number of amides is 1. The molecule has 4 rings (SSSR count). The van der Waals surface area contributed by atoms with Gasteiger partial charge in [-0.05, 0) is 48.4 Å². The molecule has 0 saturated carbocycles. The first kappa shape index (κ1) is 22.4. The van der Waals surface area contributed by atoms with Crippen LogP contribution in [0.2, 0.25) is 0 Å². The number of carbonyl (C=O) groups excluding carboxylic acids is 1. The van der Waals surface area contributed by atoms with E-state index in [1.807, 2.05) is 48.5 Å². The largest absolute Gasteiger partial charge is 0.497 e. The van der Waals surface area contributed by atoms with Crippen molar-refractivity contribution in [3.8, 4) is 11.5 Å². The number of hydrogen-bond acceptors (Lipinski definition) is 4. The lowest BCUT2D eigenvalue weighted by atomic mass is 9.87. The van der Waals surface area contributed by atoms with Crippen LogP contribution in [0.3, 0.4) is 0 Å². The molecule has 6 heteroatoms. The number of aryl methyl sites for hydroxylation is 1. The first-order valence-corrected chi connectivity index (χ1v) is 11.1. The highest BCUT2D eigenvalue weighted by atomic mass is 16.5. The van der Waals surface area contributed by atoms with Gasteiger partial charge < -0.3 is 19.4 Å². The standard InChI is InChI=1S/C27H29N3O3/c1-4-30-18-25(23-10-5-6-11-26(23)30)24(19-13-21(32-2)15-22(14-19)33-3)16-27(31)29-17-20-9-7-8-12-28-20/h5-15,18,24H,4,16-17H2,1-3H3,(H,29,31). The molecule has 1 N–H and O–H groups in total. The number of carbonyl (C=O) groups is 1. The summed E-state index contributed by atoms with van der Waals surface area (Å²) in [4.78, 5) is 17.4. The normalized spacial score (nSPS) is 11.8. The van der Waals surface area contributed by atoms with E-state index in [9.17, 15) is 4.79 Å². The zero-order chi connectivity index (χ0) is 23.2. The summed E-state index contributed by atoms with van der Waals surface area (Å²) >= 11 is 0. The molecule has 0 fully saturated rings. The molecule has 0 bridgehead atoms. The summed E-state index contributed by atoms with van der Waals surface area (Å²) in [5, 5.41) is 4.17. The molecule has 170 valence electrons. The zero-order valence-corrected chi connectivity index (χ0v) is 19.2. The van der Waals surface area contributed by atoms with Gasteiger partial charge in [-0.3, -0.25) is 9.78 Å². The fourth-order valence-electron chi connectivity index (χ4n) is 4.20. The van der Waals surface area contributed by atoms with Gasteiger partial charge in [-0.15, -0.1) is 0 Å². The molecule has 0 aliphatic heterocycles. The first-order valence-electron chi connectivity index (χ1n) is 11.1. The molecule has 0 radical (unpaired) electrons. The number of para-hydroxylation sites is 1. The average Bonchev–Trinajstić information content (AvgIpc) is 3.25. The van der Waals surface area contributed by atoms with Crippen LogP contribution in [0.4, 0.5) is 0 Å². The van der Waals surface area contributed by atoms with E-state index >= 15 is 0 Å². The lowest BCUT2D eigenvalue weighted by molar-refractivity contribution is -0.121. The summed E-state index contributed by atoms with van der Waals surface area (Å²) in [5.41, 5.74) is 4.06. The summed E-state index contributed by atoms with van der Waals surface area (Å²) in [7, 11) is 3.27. The van der Waals surface area contributed by atoms with E-state index in [-0.39, 0.29) is 11.8 Å². The van der Waals surface area contributed by atoms with Crippen molar-refractivity contribution in [1.29, 1.82) is 0 Å². The minimum Gasteiger partial charge on any atom is -0.497 e. The van der Waals surface area contributed by atoms with E-state index in [0.717, 1.165) is 34.3 Å². The Bertz CT molecular complexity index is 1210. The van der Waals surface area contributed by atoms with Crippen LogP contribution in [0.15, 0.2) is 73.1 Å². The van der Waals surface area contributed by atoms with Crippen LogP contribution in [0.5, 0.6) is 11.5 Å². The second-order valence-electron chi connectivity index (χ2n) is 7.89. The summed E-state index contributed by atoms with van der Waals surface area (Å²) in [6.45, 7) is 3.37. The molecule has 1 unspecified atom stereocenters. The number of nitrogens with one attached hydrogen (secondary N) is 1. The molecule has 2 aromatic heterocycles. The van der Waals surface area contributed by atoms with Crippen LogP contribution in [0.1, 0.15) is 36.1 Å². The molecule has 1 amide bonds. The zero-order valence-electron chi connectivity index (χ0n) is 19.2. The van der Waals surface area contributed by atoms with Gasteiger partial charge in [0.1, 0.15) is 11.5 Å². The Balaban J connectivity index is 1.73. The average molecular weight is 444 g/mol. The minimum absolute atomic E-state index is 0.0410. The topological polar surface area (TPSA) is 65.4 Å². The van der Waals surface area contributed by atoms with Gasteiger partial charge in [0, 0.05) is 48.2 Å². The molecule has 0 aliphatic carbocycles. The summed E-state index contributed by atoms with van der Waals surface area (Å²) < 4.78 is 13.3. The number of pyridine rings is 1. The van der Waals surface area contributed by atoms with Crippen LogP contribution < -0.4 is 14.8 Å². The van der Waals surface area contributed by atoms with Gasteiger partial charge in [0.25, 0.3) is 0 Å². The van der Waals surface area contributed by atoms with Crippen molar-refractivity contribution >= 4 is 16.8 Å². The van der Waals surface area contributed by atoms with Crippen LogP contribution in [-0.4, -0.2) is 29.7 Å². The van der Waals surface area contributed by atoms with Gasteiger partial charge in [-0.1, -0.05) is 24.3 Å². The van der Waals surface area contributed by atoms with Gasteiger partial charge in [-0.25, -0.2) is 0 Å². The monoisotopic (exact) mass is 443 g/mol. The van der Waals surface area contributed by atoms with Gasteiger partial charge >= 0.3 is 0 Å². The predicted octanol–water partition coefficient (Wildman–Crippen LogP) is 4.91. The second kappa shape index (κ2) is 10.2. The molecule has 0 spiro atoms. The van der Waals surface area contributed by atoms with Crippen molar-refractivity contribution in [2.24, 2.45) is 0 Å². The van der Waals surface area contributed by atoms with Gasteiger partial charge in [0.05, 0.1) is 26.5 Å². The smallest absolute Gasteiger partial charge is 0.221 e. The van der Waals surface area contributed by atoms with Crippen LogP contribution in [-0.2, 0) is 17.9 Å². The number of benzene rings is 2. The minimum atomic E-state index is -0.171. The van der Waals surface area contributed by atoms with E-state index in [1.165, 1.54) is 0 Å². The quantitative estimate of drug-likeness (QED) is 0.399. The molecule has 33 heavy (non-hydrogen) atoms. The van der Waals surface area contributed by atoms with E-state index < -0.39 is 0 Å². The molecular weight excluding hydrogens is 414 g/mol. The summed E-state index contributed by atoms with van der Waals surface area (Å²) in [6.07, 6.45) is 4.18. The van der Waals surface area contributed by atoms with Gasteiger partial charge in [0.15, 0.2) is 0 Å². The molecule has 1 atom stereocenters. The Morgan fingerprint density at radius 3 is 2.42 bits per heavy atom. The van der Waals surface area contributed by atoms with Crippen LogP contribution in [0, 0.1) is 0 Å². The SMILES string of the molecule is CCn1cc(C(CC(=O)NCc2ccccn2)c2cc(OC)cc(OC)c2)c2ccccc21. The molecule has 4 aromatic rings. The third-order valence-electron chi connectivity index (χ3n) is 5.89. The fourth-order valence-corrected chi connectivity index (χ4v) is 4.20. The Hall–Kier alpha value is -3.80. The number of fused-ring (bicyclic) bond motifs is 1. The van der Waals surface area contributed by atoms with Crippen LogP contribution >= 0.6 is 0 Å². The Morgan fingerprint density at radius 1 is 1.03 bits per heavy atom. The van der Waals surface area contributed by atoms with Crippen molar-refractivity contribution < 1.29 is 14.3 Å². The van der Waals surface area contributed by atoms with Crippen molar-refractivity contribution in [3.63, 3.8) is 0 Å². The maximum atomic E-state index is 13.1. The first-order chi connectivity index (χ1) is 16.1. The lowest BCUT2D eigenvalue weighted by Gasteiger charge is -2.19. The van der Waals surface area contributed by atoms with Crippen molar-refractivity contribution in [1.82, 2.24) is 14.9 Å². The number of aromatic nitrogens is 2. The van der Waals surface area contributed by atoms with E-state index in [1.54, 1.807) is 20.4 Å². The van der Waals surface area contributed by atoms with Gasteiger partial charge in [0.2, 0.25) is 5.91 Å². The van der Waals surface area contributed by atoms with Crippen molar-refractivity contribution in [3.05, 3.63) is 89.9 Å². The molecule has 2 aromatic carbocycles. The van der Waals surface area contributed by atoms with E-state index in [4.69, 9.17) is 9.47 Å². The summed E-state index contributed by atoms with van der Waals surface area (Å²) in [6, 6.07) is 19.8. The van der Waals surface area contributed by atoms with Crippen LogP contribution in [0.25, 0.3) is 10.9 Å².